The van der Waals surface area contributed by atoms with Crippen LogP contribution in [-0.4, -0.2) is 24.6 Å². The Morgan fingerprint density at radius 3 is 1.19 bits per heavy atom. The molecule has 0 bridgehead atoms. The molecule has 252 valence electrons. The highest BCUT2D eigenvalue weighted by molar-refractivity contribution is 5.70. The lowest BCUT2D eigenvalue weighted by atomic mass is 10.1. The normalized spacial score (nSPS) is 12.3. The molecule has 0 rings (SSSR count). The Labute approximate surface area is 268 Å². The number of ether oxygens (including phenoxy) is 2. The first-order valence-corrected chi connectivity index (χ1v) is 18.7. The van der Waals surface area contributed by atoms with Crippen molar-refractivity contribution in [1.82, 2.24) is 0 Å². The summed E-state index contributed by atoms with van der Waals surface area (Å²) in [6, 6.07) is 0. The molecule has 0 spiro atoms. The van der Waals surface area contributed by atoms with Crippen LogP contribution in [0.5, 0.6) is 0 Å². The summed E-state index contributed by atoms with van der Waals surface area (Å²) in [7, 11) is 0. The van der Waals surface area contributed by atoms with E-state index < -0.39 is 0 Å². The molecule has 0 saturated heterocycles. The molecule has 0 aliphatic carbocycles. The number of unbranched alkanes of at least 4 members (excludes halogenated alkanes) is 22. The molecule has 0 fully saturated rings. The van der Waals surface area contributed by atoms with Gasteiger partial charge in [0.2, 0.25) is 0 Å². The van der Waals surface area contributed by atoms with E-state index in [1.807, 2.05) is 0 Å². The van der Waals surface area contributed by atoms with Gasteiger partial charge in [-0.05, 0) is 71.1 Å². The van der Waals surface area contributed by atoms with Gasteiger partial charge < -0.3 is 9.47 Å². The molecule has 0 N–H and O–H groups in total. The van der Waals surface area contributed by atoms with Crippen LogP contribution in [0, 0.1) is 0 Å². The Morgan fingerprint density at radius 2 is 0.791 bits per heavy atom. The molecule has 0 aliphatic rings. The number of allylic oxidation sites excluding steroid dienone is 4. The molecular weight excluding hydrogens is 532 g/mol. The predicted octanol–water partition coefficient (Wildman–Crippen LogP) is 12.5. The van der Waals surface area contributed by atoms with E-state index in [1.165, 1.54) is 141 Å². The summed E-state index contributed by atoms with van der Waals surface area (Å²) >= 11 is 0. The molecule has 0 aromatic rings. The van der Waals surface area contributed by atoms with E-state index in [9.17, 15) is 9.59 Å². The van der Waals surface area contributed by atoms with E-state index in [4.69, 9.17) is 9.47 Å². The molecule has 0 saturated carbocycles. The Kier molecular flexibility index (Phi) is 33.6. The lowest BCUT2D eigenvalue weighted by molar-refractivity contribution is -0.158. The smallest absolute Gasteiger partial charge is 0.306 e. The van der Waals surface area contributed by atoms with Gasteiger partial charge in [-0.2, -0.15) is 0 Å². The third-order valence-electron chi connectivity index (χ3n) is 8.10. The zero-order valence-corrected chi connectivity index (χ0v) is 29.0. The molecule has 0 aromatic heterocycles. The van der Waals surface area contributed by atoms with Crippen LogP contribution in [0.4, 0.5) is 0 Å². The lowest BCUT2D eigenvalue weighted by Crippen LogP contribution is -2.22. The molecule has 0 aliphatic heterocycles. The predicted molar refractivity (Wildman–Crippen MR) is 185 cm³/mol. The Balaban J connectivity index is 3.46. The van der Waals surface area contributed by atoms with Gasteiger partial charge in [-0.25, -0.2) is 0 Å². The van der Waals surface area contributed by atoms with Crippen molar-refractivity contribution in [3.63, 3.8) is 0 Å². The minimum atomic E-state index is -0.381. The lowest BCUT2D eigenvalue weighted by Gasteiger charge is -2.13. The highest BCUT2D eigenvalue weighted by Crippen LogP contribution is 2.12. The second-order valence-electron chi connectivity index (χ2n) is 12.7. The van der Waals surface area contributed by atoms with E-state index in [0.717, 1.165) is 25.7 Å². The first kappa shape index (κ1) is 41.4. The third-order valence-corrected chi connectivity index (χ3v) is 8.10. The summed E-state index contributed by atoms with van der Waals surface area (Å²) in [6.45, 7) is 6.48. The first-order valence-electron chi connectivity index (χ1n) is 18.7. The van der Waals surface area contributed by atoms with Gasteiger partial charge in [0.05, 0.1) is 0 Å². The van der Waals surface area contributed by atoms with Gasteiger partial charge >= 0.3 is 11.9 Å². The highest BCUT2D eigenvalue weighted by Gasteiger charge is 2.12. The van der Waals surface area contributed by atoms with Crippen molar-refractivity contribution < 1.29 is 19.1 Å². The maximum Gasteiger partial charge on any atom is 0.306 e. The zero-order valence-electron chi connectivity index (χ0n) is 29.0. The van der Waals surface area contributed by atoms with Crippen LogP contribution < -0.4 is 0 Å². The SMILES string of the molecule is CCCCCCCCC=CCCCCCCCC(=O)OCC(C)OC(=O)CCCCCCCC=CCCCCCCCC. The quantitative estimate of drug-likeness (QED) is 0.0425. The topological polar surface area (TPSA) is 52.6 Å². The Hall–Kier alpha value is -1.58. The summed E-state index contributed by atoms with van der Waals surface area (Å²) in [4.78, 5) is 24.1. The van der Waals surface area contributed by atoms with E-state index in [-0.39, 0.29) is 24.6 Å². The largest absolute Gasteiger partial charge is 0.462 e. The number of esters is 2. The number of hydrogen-bond donors (Lipinski definition) is 0. The van der Waals surface area contributed by atoms with Crippen molar-refractivity contribution in [2.45, 2.75) is 207 Å². The first-order chi connectivity index (χ1) is 21.1. The fourth-order valence-corrected chi connectivity index (χ4v) is 5.28. The van der Waals surface area contributed by atoms with Gasteiger partial charge in [-0.1, -0.05) is 141 Å². The van der Waals surface area contributed by atoms with E-state index in [1.54, 1.807) is 6.92 Å². The fourth-order valence-electron chi connectivity index (χ4n) is 5.28. The van der Waals surface area contributed by atoms with Gasteiger partial charge in [0.15, 0.2) is 0 Å². The van der Waals surface area contributed by atoms with Crippen molar-refractivity contribution in [2.24, 2.45) is 0 Å². The van der Waals surface area contributed by atoms with Crippen LogP contribution in [0.15, 0.2) is 24.3 Å². The molecule has 4 nitrogen and oxygen atoms in total. The van der Waals surface area contributed by atoms with Crippen LogP contribution in [0.1, 0.15) is 201 Å². The third kappa shape index (κ3) is 34.8. The molecule has 1 unspecified atom stereocenters. The van der Waals surface area contributed by atoms with Crippen LogP contribution in [0.2, 0.25) is 0 Å². The number of rotatable bonds is 33. The Morgan fingerprint density at radius 1 is 0.465 bits per heavy atom. The van der Waals surface area contributed by atoms with E-state index in [0.29, 0.717) is 12.8 Å². The van der Waals surface area contributed by atoms with Crippen molar-refractivity contribution >= 4 is 11.9 Å². The van der Waals surface area contributed by atoms with Crippen LogP contribution >= 0.6 is 0 Å². The molecular formula is C39H72O4. The van der Waals surface area contributed by atoms with E-state index >= 15 is 0 Å². The van der Waals surface area contributed by atoms with Gasteiger partial charge in [0.25, 0.3) is 0 Å². The maximum atomic E-state index is 12.1. The monoisotopic (exact) mass is 605 g/mol. The Bertz CT molecular complexity index is 654. The number of hydrogen-bond acceptors (Lipinski definition) is 4. The fraction of sp³-hybridized carbons (Fsp3) is 0.846. The minimum absolute atomic E-state index is 0.155. The van der Waals surface area contributed by atoms with Crippen LogP contribution in [-0.2, 0) is 19.1 Å². The average molecular weight is 605 g/mol. The van der Waals surface area contributed by atoms with Gasteiger partial charge in [0.1, 0.15) is 12.7 Å². The molecule has 1 atom stereocenters. The minimum Gasteiger partial charge on any atom is -0.462 e. The molecule has 4 heteroatoms. The molecule has 43 heavy (non-hydrogen) atoms. The summed E-state index contributed by atoms with van der Waals surface area (Å²) in [6.07, 6.45) is 42.2. The summed E-state index contributed by atoms with van der Waals surface area (Å²) in [5.41, 5.74) is 0. The zero-order chi connectivity index (χ0) is 31.5. The van der Waals surface area contributed by atoms with Crippen LogP contribution in [0.3, 0.4) is 0 Å². The molecule has 0 heterocycles. The van der Waals surface area contributed by atoms with Crippen molar-refractivity contribution in [2.75, 3.05) is 6.61 Å². The summed E-state index contributed by atoms with van der Waals surface area (Å²) in [5, 5.41) is 0. The second kappa shape index (κ2) is 34.9. The number of carbonyl (C=O) groups is 2. The van der Waals surface area contributed by atoms with Gasteiger partial charge in [-0.3, -0.25) is 9.59 Å². The maximum absolute atomic E-state index is 12.1. The standard InChI is InChI=1S/C39H72O4/c1-4-6-8-10-12-14-16-18-20-22-24-26-28-30-32-34-38(40)42-36-37(3)43-39(41)35-33-31-29-27-25-23-21-19-17-15-13-11-9-7-5-2/h18-21,37H,4-17,22-36H2,1-3H3. The number of carbonyl (C=O) groups excluding carboxylic acids is 2. The van der Waals surface area contributed by atoms with Gasteiger partial charge in [0, 0.05) is 12.8 Å². The summed E-state index contributed by atoms with van der Waals surface area (Å²) < 4.78 is 10.7. The van der Waals surface area contributed by atoms with Gasteiger partial charge in [-0.15, -0.1) is 0 Å². The average Bonchev–Trinajstić information content (AvgIpc) is 3.00. The highest BCUT2D eigenvalue weighted by atomic mass is 16.6. The van der Waals surface area contributed by atoms with Crippen molar-refractivity contribution in [3.8, 4) is 0 Å². The molecule has 0 amide bonds. The van der Waals surface area contributed by atoms with E-state index in [2.05, 4.69) is 38.2 Å². The van der Waals surface area contributed by atoms with Crippen LogP contribution in [0.25, 0.3) is 0 Å². The molecule has 0 radical (unpaired) electrons. The van der Waals surface area contributed by atoms with Crippen molar-refractivity contribution in [3.05, 3.63) is 24.3 Å². The summed E-state index contributed by atoms with van der Waals surface area (Å²) in [5.74, 6) is -0.365. The van der Waals surface area contributed by atoms with Crippen molar-refractivity contribution in [1.29, 1.82) is 0 Å². The second-order valence-corrected chi connectivity index (χ2v) is 12.7. The molecule has 0 aromatic carbocycles.